The lowest BCUT2D eigenvalue weighted by Crippen LogP contribution is -2.33. The van der Waals surface area contributed by atoms with E-state index in [-0.39, 0.29) is 6.04 Å². The number of aromatic nitrogens is 2. The first kappa shape index (κ1) is 14.1. The van der Waals surface area contributed by atoms with Crippen molar-refractivity contribution in [3.63, 3.8) is 0 Å². The highest BCUT2D eigenvalue weighted by Gasteiger charge is 2.09. The van der Waals surface area contributed by atoms with E-state index < -0.39 is 6.10 Å². The number of benzene rings is 1. The number of nitrogens with one attached hydrogen (secondary N) is 1. The Morgan fingerprint density at radius 1 is 1.37 bits per heavy atom. The summed E-state index contributed by atoms with van der Waals surface area (Å²) in [5.41, 5.74) is 0.867. The molecule has 0 bridgehead atoms. The van der Waals surface area contributed by atoms with E-state index in [4.69, 9.17) is 11.6 Å². The molecule has 102 valence electrons. The molecule has 0 radical (unpaired) electrons. The molecular formula is C14H18ClN3O. The van der Waals surface area contributed by atoms with Gasteiger partial charge in [0.25, 0.3) is 0 Å². The Morgan fingerprint density at radius 3 is 2.74 bits per heavy atom. The lowest BCUT2D eigenvalue weighted by Gasteiger charge is -2.17. The maximum atomic E-state index is 10.1. The number of halogens is 1. The van der Waals surface area contributed by atoms with E-state index in [9.17, 15) is 5.11 Å². The molecule has 5 heteroatoms. The van der Waals surface area contributed by atoms with Crippen molar-refractivity contribution in [2.75, 3.05) is 6.54 Å². The van der Waals surface area contributed by atoms with Gasteiger partial charge in [-0.2, -0.15) is 0 Å². The Hall–Kier alpha value is -1.36. The van der Waals surface area contributed by atoms with Gasteiger partial charge in [0.1, 0.15) is 0 Å². The summed E-state index contributed by atoms with van der Waals surface area (Å²) in [5, 5.41) is 14.0. The summed E-state index contributed by atoms with van der Waals surface area (Å²) in [6.07, 6.45) is 4.94. The molecule has 0 saturated carbocycles. The van der Waals surface area contributed by atoms with Crippen LogP contribution in [0.3, 0.4) is 0 Å². The van der Waals surface area contributed by atoms with Gasteiger partial charge >= 0.3 is 0 Å². The highest BCUT2D eigenvalue weighted by molar-refractivity contribution is 6.30. The second kappa shape index (κ2) is 6.70. The van der Waals surface area contributed by atoms with E-state index in [2.05, 4.69) is 17.2 Å². The molecule has 2 atom stereocenters. The van der Waals surface area contributed by atoms with Gasteiger partial charge in [-0.3, -0.25) is 0 Å². The lowest BCUT2D eigenvalue weighted by molar-refractivity contribution is 0.169. The molecule has 1 aromatic heterocycles. The van der Waals surface area contributed by atoms with Crippen molar-refractivity contribution in [2.24, 2.45) is 0 Å². The van der Waals surface area contributed by atoms with Crippen molar-refractivity contribution >= 4 is 11.6 Å². The fourth-order valence-electron chi connectivity index (χ4n) is 1.89. The van der Waals surface area contributed by atoms with Crippen molar-refractivity contribution in [3.8, 4) is 0 Å². The van der Waals surface area contributed by atoms with Crippen LogP contribution in [0.4, 0.5) is 0 Å². The number of imidazole rings is 1. The number of rotatable bonds is 6. The molecular weight excluding hydrogens is 262 g/mol. The summed E-state index contributed by atoms with van der Waals surface area (Å²) >= 11 is 5.82. The molecule has 0 saturated heterocycles. The zero-order valence-corrected chi connectivity index (χ0v) is 11.6. The van der Waals surface area contributed by atoms with Crippen molar-refractivity contribution in [1.29, 1.82) is 0 Å². The molecule has 0 amide bonds. The number of aliphatic hydroxyl groups is 1. The van der Waals surface area contributed by atoms with Crippen LogP contribution in [0.2, 0.25) is 5.02 Å². The van der Waals surface area contributed by atoms with E-state index in [0.717, 1.165) is 12.1 Å². The quantitative estimate of drug-likeness (QED) is 0.853. The third kappa shape index (κ3) is 4.35. The Morgan fingerprint density at radius 2 is 2.11 bits per heavy atom. The Balaban J connectivity index is 1.79. The van der Waals surface area contributed by atoms with E-state index in [0.29, 0.717) is 11.6 Å². The standard InChI is InChI=1S/C14H18ClN3O/c1-11(9-18-7-6-16-10-18)17-8-14(19)12-2-4-13(15)5-3-12/h2-7,10-11,14,17,19H,8-9H2,1H3. The monoisotopic (exact) mass is 279 g/mol. The first-order valence-electron chi connectivity index (χ1n) is 6.28. The van der Waals surface area contributed by atoms with Gasteiger partial charge in [-0.05, 0) is 24.6 Å². The summed E-state index contributed by atoms with van der Waals surface area (Å²) in [5.74, 6) is 0. The van der Waals surface area contributed by atoms with Crippen LogP contribution in [0, 0.1) is 0 Å². The van der Waals surface area contributed by atoms with Gasteiger partial charge in [0.15, 0.2) is 0 Å². The highest BCUT2D eigenvalue weighted by atomic mass is 35.5. The van der Waals surface area contributed by atoms with Crippen molar-refractivity contribution in [2.45, 2.75) is 25.6 Å². The number of aliphatic hydroxyl groups excluding tert-OH is 1. The van der Waals surface area contributed by atoms with Crippen LogP contribution in [0.1, 0.15) is 18.6 Å². The SMILES string of the molecule is CC(Cn1ccnc1)NCC(O)c1ccc(Cl)cc1. The van der Waals surface area contributed by atoms with Gasteiger partial charge in [-0.25, -0.2) is 4.98 Å². The maximum absolute atomic E-state index is 10.1. The van der Waals surface area contributed by atoms with Gasteiger partial charge < -0.3 is 15.0 Å². The molecule has 0 spiro atoms. The first-order valence-corrected chi connectivity index (χ1v) is 6.65. The summed E-state index contributed by atoms with van der Waals surface area (Å²) in [4.78, 5) is 4.00. The molecule has 2 unspecified atom stereocenters. The molecule has 0 fully saturated rings. The van der Waals surface area contributed by atoms with Crippen LogP contribution in [-0.4, -0.2) is 27.2 Å². The van der Waals surface area contributed by atoms with Crippen LogP contribution in [0.25, 0.3) is 0 Å². The second-order valence-corrected chi connectivity index (χ2v) is 5.07. The van der Waals surface area contributed by atoms with Crippen molar-refractivity contribution < 1.29 is 5.11 Å². The number of nitrogens with zero attached hydrogens (tertiary/aromatic N) is 2. The maximum Gasteiger partial charge on any atom is 0.0946 e. The van der Waals surface area contributed by atoms with Gasteiger partial charge in [-0.1, -0.05) is 23.7 Å². The van der Waals surface area contributed by atoms with Crippen molar-refractivity contribution in [1.82, 2.24) is 14.9 Å². The lowest BCUT2D eigenvalue weighted by atomic mass is 10.1. The largest absolute Gasteiger partial charge is 0.387 e. The molecule has 1 aromatic carbocycles. The third-order valence-electron chi connectivity index (χ3n) is 2.96. The van der Waals surface area contributed by atoms with E-state index in [1.54, 1.807) is 24.7 Å². The molecule has 0 aliphatic carbocycles. The predicted molar refractivity (Wildman–Crippen MR) is 76.1 cm³/mol. The molecule has 19 heavy (non-hydrogen) atoms. The minimum absolute atomic E-state index is 0.260. The topological polar surface area (TPSA) is 50.1 Å². The molecule has 2 rings (SSSR count). The Labute approximate surface area is 118 Å². The summed E-state index contributed by atoms with van der Waals surface area (Å²) in [6, 6.07) is 7.52. The third-order valence-corrected chi connectivity index (χ3v) is 3.21. The van der Waals surface area contributed by atoms with Gasteiger partial charge in [-0.15, -0.1) is 0 Å². The first-order chi connectivity index (χ1) is 9.15. The minimum atomic E-state index is -0.525. The van der Waals surface area contributed by atoms with E-state index in [1.807, 2.05) is 22.9 Å². The highest BCUT2D eigenvalue weighted by Crippen LogP contribution is 2.15. The fourth-order valence-corrected chi connectivity index (χ4v) is 2.02. The van der Waals surface area contributed by atoms with E-state index in [1.165, 1.54) is 0 Å². The van der Waals surface area contributed by atoms with E-state index >= 15 is 0 Å². The van der Waals surface area contributed by atoms with Crippen LogP contribution in [0.5, 0.6) is 0 Å². The average molecular weight is 280 g/mol. The molecule has 1 heterocycles. The Kier molecular flexibility index (Phi) is 4.96. The average Bonchev–Trinajstić information content (AvgIpc) is 2.89. The zero-order chi connectivity index (χ0) is 13.7. The van der Waals surface area contributed by atoms with Crippen LogP contribution < -0.4 is 5.32 Å². The van der Waals surface area contributed by atoms with Crippen LogP contribution in [-0.2, 0) is 6.54 Å². The van der Waals surface area contributed by atoms with Gasteiger partial charge in [0, 0.05) is 36.5 Å². The second-order valence-electron chi connectivity index (χ2n) is 4.64. The van der Waals surface area contributed by atoms with Gasteiger partial charge in [0.05, 0.1) is 12.4 Å². The fraction of sp³-hybridized carbons (Fsp3) is 0.357. The molecule has 2 N–H and O–H groups in total. The predicted octanol–water partition coefficient (Wildman–Crippen LogP) is 2.25. The molecule has 0 aliphatic heterocycles. The summed E-state index contributed by atoms with van der Waals surface area (Å²) < 4.78 is 2.01. The van der Waals surface area contributed by atoms with Crippen molar-refractivity contribution in [3.05, 3.63) is 53.6 Å². The molecule has 2 aromatic rings. The summed E-state index contributed by atoms with van der Waals surface area (Å²) in [6.45, 7) is 3.42. The molecule has 0 aliphatic rings. The van der Waals surface area contributed by atoms with Gasteiger partial charge in [0.2, 0.25) is 0 Å². The molecule has 4 nitrogen and oxygen atoms in total. The number of hydrogen-bond acceptors (Lipinski definition) is 3. The smallest absolute Gasteiger partial charge is 0.0946 e. The van der Waals surface area contributed by atoms with Crippen LogP contribution >= 0.6 is 11.6 Å². The normalized spacial score (nSPS) is 14.3. The number of hydrogen-bond donors (Lipinski definition) is 2. The summed E-state index contributed by atoms with van der Waals surface area (Å²) in [7, 11) is 0. The zero-order valence-electron chi connectivity index (χ0n) is 10.8. The Bertz CT molecular complexity index is 484. The minimum Gasteiger partial charge on any atom is -0.387 e. The van der Waals surface area contributed by atoms with Crippen LogP contribution in [0.15, 0.2) is 43.0 Å².